The van der Waals surface area contributed by atoms with E-state index < -0.39 is 0 Å². The lowest BCUT2D eigenvalue weighted by Crippen LogP contribution is -2.56. The number of nitrogens with zero attached hydrogens (tertiary/aromatic N) is 1. The number of nitrogens with two attached hydrogens (primary N) is 1. The van der Waals surface area contributed by atoms with Gasteiger partial charge in [0, 0.05) is 31.2 Å². The molecule has 0 spiro atoms. The van der Waals surface area contributed by atoms with Gasteiger partial charge in [-0.2, -0.15) is 0 Å². The van der Waals surface area contributed by atoms with Crippen molar-refractivity contribution in [3.8, 4) is 12.3 Å². The molecule has 3 N–H and O–H groups in total. The molecule has 15 heavy (non-hydrogen) atoms. The first-order valence-corrected chi connectivity index (χ1v) is 5.87. The second kappa shape index (κ2) is 4.13. The third kappa shape index (κ3) is 2.34. The van der Waals surface area contributed by atoms with Gasteiger partial charge in [-0.05, 0) is 26.2 Å². The topological polar surface area (TPSA) is 41.3 Å². The Hall–Kier alpha value is -0.560. The van der Waals surface area contributed by atoms with Crippen molar-refractivity contribution >= 4 is 0 Å². The molecule has 3 heteroatoms. The lowest BCUT2D eigenvalue weighted by Gasteiger charge is -2.31. The molecule has 2 unspecified atom stereocenters. The number of hydrogen-bond donors (Lipinski definition) is 2. The molecule has 84 valence electrons. The maximum Gasteiger partial charge on any atom is 0.0663 e. The van der Waals surface area contributed by atoms with Crippen LogP contribution in [0, 0.1) is 12.3 Å². The van der Waals surface area contributed by atoms with Gasteiger partial charge in [0.25, 0.3) is 0 Å². The van der Waals surface area contributed by atoms with Gasteiger partial charge in [0.2, 0.25) is 0 Å². The van der Waals surface area contributed by atoms with E-state index in [9.17, 15) is 0 Å². The maximum atomic E-state index is 5.90. The zero-order valence-electron chi connectivity index (χ0n) is 9.50. The van der Waals surface area contributed by atoms with Gasteiger partial charge in [-0.1, -0.05) is 5.92 Å². The van der Waals surface area contributed by atoms with Crippen molar-refractivity contribution in [1.29, 1.82) is 0 Å². The first-order valence-electron chi connectivity index (χ1n) is 5.87. The molecule has 0 amide bonds. The van der Waals surface area contributed by atoms with Crippen molar-refractivity contribution in [2.24, 2.45) is 5.73 Å². The highest BCUT2D eigenvalue weighted by molar-refractivity contribution is 5.07. The molecule has 0 aromatic heterocycles. The Morgan fingerprint density at radius 2 is 2.40 bits per heavy atom. The zero-order chi connectivity index (χ0) is 10.9. The fourth-order valence-electron chi connectivity index (χ4n) is 2.50. The summed E-state index contributed by atoms with van der Waals surface area (Å²) in [6.45, 7) is 4.95. The van der Waals surface area contributed by atoms with Crippen LogP contribution in [0.4, 0.5) is 0 Å². The van der Waals surface area contributed by atoms with Crippen molar-refractivity contribution in [1.82, 2.24) is 10.2 Å². The normalized spacial score (nSPS) is 33.9. The van der Waals surface area contributed by atoms with Crippen LogP contribution in [0.3, 0.4) is 0 Å². The van der Waals surface area contributed by atoms with E-state index in [4.69, 9.17) is 12.2 Å². The van der Waals surface area contributed by atoms with Gasteiger partial charge in [0.15, 0.2) is 0 Å². The van der Waals surface area contributed by atoms with E-state index in [0.29, 0.717) is 6.54 Å². The highest BCUT2D eigenvalue weighted by Gasteiger charge is 2.42. The van der Waals surface area contributed by atoms with Gasteiger partial charge in [-0.25, -0.2) is 0 Å². The molecule has 1 saturated heterocycles. The second-order valence-corrected chi connectivity index (χ2v) is 4.97. The molecule has 0 aromatic carbocycles. The van der Waals surface area contributed by atoms with E-state index in [0.717, 1.165) is 19.0 Å². The number of terminal acetylenes is 1. The number of nitrogens with one attached hydrogen (secondary N) is 1. The molecule has 0 radical (unpaired) electrons. The van der Waals surface area contributed by atoms with Crippen molar-refractivity contribution in [3.63, 3.8) is 0 Å². The minimum absolute atomic E-state index is 0.0639. The van der Waals surface area contributed by atoms with Crippen LogP contribution in [-0.4, -0.2) is 42.2 Å². The van der Waals surface area contributed by atoms with E-state index in [1.54, 1.807) is 0 Å². The third-order valence-corrected chi connectivity index (χ3v) is 3.61. The molecule has 2 atom stereocenters. The molecular formula is C12H21N3. The summed E-state index contributed by atoms with van der Waals surface area (Å²) >= 11 is 0. The van der Waals surface area contributed by atoms with E-state index in [1.165, 1.54) is 19.4 Å². The van der Waals surface area contributed by atoms with Crippen LogP contribution in [0.1, 0.15) is 26.2 Å². The van der Waals surface area contributed by atoms with Gasteiger partial charge in [-0.15, -0.1) is 6.42 Å². The molecule has 0 aromatic rings. The molecule has 1 saturated carbocycles. The van der Waals surface area contributed by atoms with E-state index in [1.807, 2.05) is 6.92 Å². The Labute approximate surface area is 92.4 Å². The quantitative estimate of drug-likeness (QED) is 0.645. The first-order chi connectivity index (χ1) is 7.19. The third-order valence-electron chi connectivity index (χ3n) is 3.61. The van der Waals surface area contributed by atoms with Gasteiger partial charge < -0.3 is 5.73 Å². The highest BCUT2D eigenvalue weighted by atomic mass is 15.3. The second-order valence-electron chi connectivity index (χ2n) is 4.97. The summed E-state index contributed by atoms with van der Waals surface area (Å²) in [5.41, 5.74) is 5.96. The van der Waals surface area contributed by atoms with Gasteiger partial charge >= 0.3 is 0 Å². The Balaban J connectivity index is 1.94. The highest BCUT2D eigenvalue weighted by Crippen LogP contribution is 2.33. The molecule has 2 aliphatic rings. The Morgan fingerprint density at radius 3 is 2.93 bits per heavy atom. The number of likely N-dealkylation sites (tertiary alicyclic amines) is 1. The Kier molecular flexibility index (Phi) is 3.01. The molecule has 2 rings (SSSR count). The zero-order valence-corrected chi connectivity index (χ0v) is 9.50. The van der Waals surface area contributed by atoms with Crippen LogP contribution in [0.25, 0.3) is 0 Å². The van der Waals surface area contributed by atoms with E-state index in [2.05, 4.69) is 16.1 Å². The summed E-state index contributed by atoms with van der Waals surface area (Å²) in [5, 5.41) is 3.50. The minimum Gasteiger partial charge on any atom is -0.329 e. The lowest BCUT2D eigenvalue weighted by atomic mass is 9.97. The summed E-state index contributed by atoms with van der Waals surface area (Å²) in [5.74, 6) is 2.73. The fourth-order valence-corrected chi connectivity index (χ4v) is 2.50. The van der Waals surface area contributed by atoms with Crippen LogP contribution in [0.5, 0.6) is 0 Å². The van der Waals surface area contributed by atoms with E-state index >= 15 is 0 Å². The summed E-state index contributed by atoms with van der Waals surface area (Å²) in [7, 11) is 0. The fraction of sp³-hybridized carbons (Fsp3) is 0.833. The average Bonchev–Trinajstić information content (AvgIpc) is 3.02. The summed E-state index contributed by atoms with van der Waals surface area (Å²) < 4.78 is 0. The van der Waals surface area contributed by atoms with Crippen molar-refractivity contribution in [3.05, 3.63) is 0 Å². The largest absolute Gasteiger partial charge is 0.329 e. The maximum absolute atomic E-state index is 5.90. The molecular weight excluding hydrogens is 186 g/mol. The predicted molar refractivity (Wildman–Crippen MR) is 62.4 cm³/mol. The molecule has 1 aliphatic heterocycles. The van der Waals surface area contributed by atoms with Gasteiger partial charge in [0.1, 0.15) is 0 Å². The van der Waals surface area contributed by atoms with Crippen LogP contribution in [0.2, 0.25) is 0 Å². The molecule has 3 nitrogen and oxygen atoms in total. The first kappa shape index (κ1) is 10.9. The molecule has 1 aliphatic carbocycles. The van der Waals surface area contributed by atoms with Crippen LogP contribution in [0.15, 0.2) is 0 Å². The van der Waals surface area contributed by atoms with E-state index in [-0.39, 0.29) is 11.6 Å². The van der Waals surface area contributed by atoms with Crippen LogP contribution in [-0.2, 0) is 0 Å². The number of hydrogen-bond acceptors (Lipinski definition) is 3. The van der Waals surface area contributed by atoms with Crippen LogP contribution >= 0.6 is 0 Å². The standard InChI is InChI=1S/C12H21N3/c1-3-10(2)14-12(8-13)6-7-15(9-12)11-4-5-11/h1,10-11,14H,4-9,13H2,2H3. The summed E-state index contributed by atoms with van der Waals surface area (Å²) in [4.78, 5) is 2.56. The van der Waals surface area contributed by atoms with Crippen LogP contribution < -0.4 is 11.1 Å². The van der Waals surface area contributed by atoms with Crippen molar-refractivity contribution in [2.45, 2.75) is 43.8 Å². The minimum atomic E-state index is 0.0639. The average molecular weight is 207 g/mol. The van der Waals surface area contributed by atoms with Gasteiger partial charge in [-0.3, -0.25) is 10.2 Å². The number of rotatable bonds is 4. The predicted octanol–water partition coefficient (Wildman–Crippen LogP) is 0.163. The van der Waals surface area contributed by atoms with Crippen molar-refractivity contribution in [2.75, 3.05) is 19.6 Å². The molecule has 0 bridgehead atoms. The Morgan fingerprint density at radius 1 is 1.67 bits per heavy atom. The van der Waals surface area contributed by atoms with Gasteiger partial charge in [0.05, 0.1) is 6.04 Å². The summed E-state index contributed by atoms with van der Waals surface area (Å²) in [6.07, 6.45) is 9.27. The molecule has 2 fully saturated rings. The SMILES string of the molecule is C#CC(C)NC1(CN)CCN(C2CC2)C1. The smallest absolute Gasteiger partial charge is 0.0663 e. The Bertz CT molecular complexity index is 267. The molecule has 1 heterocycles. The summed E-state index contributed by atoms with van der Waals surface area (Å²) in [6, 6.07) is 0.953. The lowest BCUT2D eigenvalue weighted by molar-refractivity contribution is 0.271. The monoisotopic (exact) mass is 207 g/mol. The van der Waals surface area contributed by atoms with Crippen molar-refractivity contribution < 1.29 is 0 Å².